The Balaban J connectivity index is 1.38. The molecule has 0 saturated carbocycles. The average Bonchev–Trinajstić information content (AvgIpc) is 3.31. The summed E-state index contributed by atoms with van der Waals surface area (Å²) in [6.07, 6.45) is 0.738. The molecule has 1 aliphatic heterocycles. The van der Waals surface area contributed by atoms with Gasteiger partial charge in [-0.1, -0.05) is 30.3 Å². The van der Waals surface area contributed by atoms with E-state index in [1.165, 1.54) is 16.7 Å². The molecule has 34 heavy (non-hydrogen) atoms. The first kappa shape index (κ1) is 22.1. The van der Waals surface area contributed by atoms with Crippen molar-refractivity contribution in [2.24, 2.45) is 7.05 Å². The first-order valence-electron chi connectivity index (χ1n) is 10.8. The number of carbonyl (C=O) groups is 1. The maximum atomic E-state index is 13.1. The van der Waals surface area contributed by atoms with Gasteiger partial charge in [0.05, 0.1) is 10.4 Å². The zero-order valence-electron chi connectivity index (χ0n) is 18.7. The van der Waals surface area contributed by atoms with E-state index in [1.54, 1.807) is 30.1 Å². The Morgan fingerprint density at radius 1 is 1.09 bits per heavy atom. The van der Waals surface area contributed by atoms with Crippen LogP contribution in [0.2, 0.25) is 0 Å². The quantitative estimate of drug-likeness (QED) is 0.476. The number of sulfonamides is 1. The molecule has 0 unspecified atom stereocenters. The van der Waals surface area contributed by atoms with E-state index in [-0.39, 0.29) is 29.0 Å². The van der Waals surface area contributed by atoms with Gasteiger partial charge in [0.25, 0.3) is 5.91 Å². The Kier molecular flexibility index (Phi) is 5.38. The predicted octanol–water partition coefficient (Wildman–Crippen LogP) is 3.20. The molecule has 3 aromatic carbocycles. The van der Waals surface area contributed by atoms with Crippen LogP contribution >= 0.6 is 0 Å². The van der Waals surface area contributed by atoms with Gasteiger partial charge < -0.3 is 9.32 Å². The summed E-state index contributed by atoms with van der Waals surface area (Å²) in [7, 11) is -2.30. The lowest BCUT2D eigenvalue weighted by atomic mass is 10.1. The second-order valence-corrected chi connectivity index (χ2v) is 10.2. The number of amides is 1. The minimum Gasteiger partial charge on any atom is -0.408 e. The van der Waals surface area contributed by atoms with Gasteiger partial charge in [0.1, 0.15) is 0 Å². The molecule has 0 aliphatic carbocycles. The molecule has 9 heteroatoms. The Labute approximate surface area is 196 Å². The van der Waals surface area contributed by atoms with Gasteiger partial charge in [-0.3, -0.25) is 9.36 Å². The molecule has 8 nitrogen and oxygen atoms in total. The summed E-state index contributed by atoms with van der Waals surface area (Å²) < 4.78 is 34.8. The van der Waals surface area contributed by atoms with Crippen molar-refractivity contribution in [3.8, 4) is 0 Å². The van der Waals surface area contributed by atoms with Crippen LogP contribution in [-0.2, 0) is 30.0 Å². The molecule has 0 saturated heterocycles. The Bertz CT molecular complexity index is 1570. The lowest BCUT2D eigenvalue weighted by Gasteiger charge is -2.23. The van der Waals surface area contributed by atoms with Gasteiger partial charge in [-0.25, -0.2) is 17.9 Å². The Morgan fingerprint density at radius 3 is 2.62 bits per heavy atom. The van der Waals surface area contributed by atoms with Gasteiger partial charge >= 0.3 is 5.76 Å². The summed E-state index contributed by atoms with van der Waals surface area (Å²) in [5, 5.41) is 0. The van der Waals surface area contributed by atoms with E-state index in [4.69, 9.17) is 4.42 Å². The number of rotatable bonds is 5. The topological polar surface area (TPSA) is 102 Å². The molecule has 0 fully saturated rings. The normalized spacial score (nSPS) is 15.6. The summed E-state index contributed by atoms with van der Waals surface area (Å²) in [4.78, 5) is 26.6. The monoisotopic (exact) mass is 477 g/mol. The highest BCUT2D eigenvalue weighted by atomic mass is 32.2. The number of aryl methyl sites for hydroxylation is 1. The molecule has 1 amide bonds. The molecule has 174 valence electrons. The van der Waals surface area contributed by atoms with Crippen molar-refractivity contribution < 1.29 is 17.6 Å². The maximum Gasteiger partial charge on any atom is 0.419 e. The molecular formula is C25H23N3O5S. The molecule has 5 rings (SSSR count). The molecule has 1 aliphatic rings. The third-order valence-electron chi connectivity index (χ3n) is 6.15. The number of aromatic nitrogens is 1. The fraction of sp³-hybridized carbons (Fsp3) is 0.200. The van der Waals surface area contributed by atoms with Crippen molar-refractivity contribution in [1.29, 1.82) is 0 Å². The number of anilines is 1. The summed E-state index contributed by atoms with van der Waals surface area (Å²) >= 11 is 0. The van der Waals surface area contributed by atoms with Crippen LogP contribution in [0.3, 0.4) is 0 Å². The van der Waals surface area contributed by atoms with Crippen LogP contribution in [0, 0.1) is 0 Å². The summed E-state index contributed by atoms with van der Waals surface area (Å²) in [5.41, 5.74) is 3.90. The van der Waals surface area contributed by atoms with Crippen LogP contribution in [0.4, 0.5) is 5.69 Å². The number of carbonyl (C=O) groups excluding carboxylic acids is 1. The van der Waals surface area contributed by atoms with E-state index in [2.05, 4.69) is 4.72 Å². The number of fused-ring (bicyclic) bond motifs is 2. The largest absolute Gasteiger partial charge is 0.419 e. The summed E-state index contributed by atoms with van der Waals surface area (Å²) in [6, 6.07) is 19.1. The summed E-state index contributed by atoms with van der Waals surface area (Å²) in [5.74, 6) is -0.637. The first-order chi connectivity index (χ1) is 16.2. The van der Waals surface area contributed by atoms with Crippen LogP contribution in [0.15, 0.2) is 80.8 Å². The lowest BCUT2D eigenvalue weighted by Crippen LogP contribution is -2.35. The van der Waals surface area contributed by atoms with Crippen LogP contribution in [0.1, 0.15) is 28.4 Å². The summed E-state index contributed by atoms with van der Waals surface area (Å²) in [6.45, 7) is 2.05. The second-order valence-electron chi connectivity index (χ2n) is 8.44. The standard InChI is InChI=1S/C25H23N3O5S/c1-16-12-19-9-8-17(13-22(19)28(16)24(29)18-6-4-3-5-7-18)15-26-34(31,32)20-10-11-21-23(14-20)33-25(30)27(21)2/h3-11,13-14,16,26H,12,15H2,1-2H3/t16-/m0/s1. The van der Waals surface area contributed by atoms with Gasteiger partial charge in [0.2, 0.25) is 10.0 Å². The van der Waals surface area contributed by atoms with Gasteiger partial charge in [0.15, 0.2) is 5.58 Å². The fourth-order valence-corrected chi connectivity index (χ4v) is 5.37. The van der Waals surface area contributed by atoms with E-state index < -0.39 is 15.8 Å². The molecule has 1 N–H and O–H groups in total. The van der Waals surface area contributed by atoms with E-state index >= 15 is 0 Å². The predicted molar refractivity (Wildman–Crippen MR) is 128 cm³/mol. The minimum atomic E-state index is -3.85. The van der Waals surface area contributed by atoms with Crippen LogP contribution in [-0.4, -0.2) is 24.9 Å². The van der Waals surface area contributed by atoms with Gasteiger partial charge in [-0.2, -0.15) is 0 Å². The lowest BCUT2D eigenvalue weighted by molar-refractivity contribution is 0.0981. The van der Waals surface area contributed by atoms with Crippen molar-refractivity contribution in [1.82, 2.24) is 9.29 Å². The first-order valence-corrected chi connectivity index (χ1v) is 12.3. The molecule has 0 radical (unpaired) electrons. The number of benzene rings is 3. The fourth-order valence-electron chi connectivity index (χ4n) is 4.34. The van der Waals surface area contributed by atoms with Gasteiger partial charge in [-0.15, -0.1) is 0 Å². The van der Waals surface area contributed by atoms with Gasteiger partial charge in [0, 0.05) is 37.0 Å². The van der Waals surface area contributed by atoms with Crippen molar-refractivity contribution in [2.75, 3.05) is 4.90 Å². The zero-order valence-corrected chi connectivity index (χ0v) is 19.5. The molecular weight excluding hydrogens is 454 g/mol. The maximum absolute atomic E-state index is 13.1. The van der Waals surface area contributed by atoms with E-state index in [1.807, 2.05) is 43.3 Å². The number of nitrogens with one attached hydrogen (secondary N) is 1. The molecule has 2 heterocycles. The van der Waals surface area contributed by atoms with Crippen LogP contribution < -0.4 is 15.4 Å². The third kappa shape index (κ3) is 3.82. The van der Waals surface area contributed by atoms with E-state index in [0.29, 0.717) is 11.1 Å². The van der Waals surface area contributed by atoms with Crippen LogP contribution in [0.5, 0.6) is 0 Å². The van der Waals surface area contributed by atoms with Crippen molar-refractivity contribution >= 4 is 32.7 Å². The second kappa shape index (κ2) is 8.27. The molecule has 0 spiro atoms. The number of nitrogens with zero attached hydrogens (tertiary/aromatic N) is 2. The highest BCUT2D eigenvalue weighted by Gasteiger charge is 2.31. The van der Waals surface area contributed by atoms with Crippen molar-refractivity contribution in [2.45, 2.75) is 30.8 Å². The molecule has 1 atom stereocenters. The number of hydrogen-bond acceptors (Lipinski definition) is 5. The third-order valence-corrected chi connectivity index (χ3v) is 7.54. The number of oxazole rings is 1. The van der Waals surface area contributed by atoms with E-state index in [0.717, 1.165) is 23.2 Å². The highest BCUT2D eigenvalue weighted by molar-refractivity contribution is 7.89. The Hall–Kier alpha value is -3.69. The molecule has 0 bridgehead atoms. The van der Waals surface area contributed by atoms with Crippen molar-refractivity contribution in [3.63, 3.8) is 0 Å². The molecule has 1 aromatic heterocycles. The molecule has 4 aromatic rings. The van der Waals surface area contributed by atoms with E-state index in [9.17, 15) is 18.0 Å². The van der Waals surface area contributed by atoms with Gasteiger partial charge in [-0.05, 0) is 54.8 Å². The van der Waals surface area contributed by atoms with Crippen molar-refractivity contribution in [3.05, 3.63) is 94.0 Å². The van der Waals surface area contributed by atoms with Crippen LogP contribution in [0.25, 0.3) is 11.1 Å². The average molecular weight is 478 g/mol. The SMILES string of the molecule is C[C@H]1Cc2ccc(CNS(=O)(=O)c3ccc4c(c3)oc(=O)n4C)cc2N1C(=O)c1ccccc1. The number of hydrogen-bond donors (Lipinski definition) is 1. The smallest absolute Gasteiger partial charge is 0.408 e. The zero-order chi connectivity index (χ0) is 24.0. The highest BCUT2D eigenvalue weighted by Crippen LogP contribution is 2.34. The minimum absolute atomic E-state index is 0.00176. The Morgan fingerprint density at radius 2 is 1.85 bits per heavy atom.